The molecule has 1 aliphatic heterocycles. The van der Waals surface area contributed by atoms with Crippen LogP contribution in [0.4, 0.5) is 4.79 Å². The Morgan fingerprint density at radius 1 is 1.18 bits per heavy atom. The minimum Gasteiger partial charge on any atom is -0.322 e. The van der Waals surface area contributed by atoms with Crippen molar-refractivity contribution in [1.82, 2.24) is 15.8 Å². The molecule has 4 amide bonds. The van der Waals surface area contributed by atoms with Crippen LogP contribution in [-0.2, 0) is 16.0 Å². The van der Waals surface area contributed by atoms with E-state index >= 15 is 0 Å². The van der Waals surface area contributed by atoms with Gasteiger partial charge in [-0.3, -0.25) is 15.0 Å². The van der Waals surface area contributed by atoms with E-state index in [-0.39, 0.29) is 6.42 Å². The van der Waals surface area contributed by atoms with Crippen molar-refractivity contribution >= 4 is 17.8 Å². The Morgan fingerprint density at radius 2 is 1.77 bits per heavy atom. The minimum absolute atomic E-state index is 0.114. The summed E-state index contributed by atoms with van der Waals surface area (Å²) in [5.74, 6) is -0.796. The molecule has 6 nitrogen and oxygen atoms in total. The molecule has 0 atom stereocenters. The van der Waals surface area contributed by atoms with E-state index in [1.165, 1.54) is 0 Å². The van der Waals surface area contributed by atoms with Gasteiger partial charge in [-0.1, -0.05) is 43.7 Å². The molecule has 6 heteroatoms. The normalized spacial score (nSPS) is 16.6. The Kier molecular flexibility index (Phi) is 4.49. The molecular weight excluding hydrogens is 282 g/mol. The number of imide groups is 1. The average Bonchev–Trinajstić information content (AvgIpc) is 2.74. The number of hydrazine groups is 1. The van der Waals surface area contributed by atoms with Crippen molar-refractivity contribution in [3.63, 3.8) is 0 Å². The van der Waals surface area contributed by atoms with E-state index in [4.69, 9.17) is 0 Å². The molecule has 0 spiro atoms. The quantitative estimate of drug-likeness (QED) is 0.812. The standard InChI is InChI=1S/C16H21N3O3/c1-4-16(5-2)14(21)19(15(22)17-16)18-13(20)10-12-8-6-11(3)7-9-12/h6-9H,4-5,10H2,1-3H3,(H,17,22)(H,18,20). The van der Waals surface area contributed by atoms with Crippen molar-refractivity contribution in [2.24, 2.45) is 0 Å². The highest BCUT2D eigenvalue weighted by atomic mass is 16.2. The van der Waals surface area contributed by atoms with Crippen LogP contribution in [0.5, 0.6) is 0 Å². The third-order valence-electron chi connectivity index (χ3n) is 4.09. The molecule has 118 valence electrons. The number of nitrogens with one attached hydrogen (secondary N) is 2. The minimum atomic E-state index is -0.909. The number of hydrogen-bond donors (Lipinski definition) is 2. The second-order valence-corrected chi connectivity index (χ2v) is 5.56. The van der Waals surface area contributed by atoms with Gasteiger partial charge in [-0.25, -0.2) is 4.79 Å². The van der Waals surface area contributed by atoms with Crippen molar-refractivity contribution in [2.75, 3.05) is 0 Å². The summed E-state index contributed by atoms with van der Waals surface area (Å²) in [6.07, 6.45) is 1.08. The second-order valence-electron chi connectivity index (χ2n) is 5.56. The molecule has 1 aliphatic rings. The van der Waals surface area contributed by atoms with Gasteiger partial charge in [0.05, 0.1) is 6.42 Å². The predicted molar refractivity (Wildman–Crippen MR) is 81.7 cm³/mol. The molecule has 0 bridgehead atoms. The summed E-state index contributed by atoms with van der Waals surface area (Å²) >= 11 is 0. The summed E-state index contributed by atoms with van der Waals surface area (Å²) in [5.41, 5.74) is 3.42. The lowest BCUT2D eigenvalue weighted by molar-refractivity contribution is -0.139. The van der Waals surface area contributed by atoms with Gasteiger partial charge in [-0.15, -0.1) is 0 Å². The van der Waals surface area contributed by atoms with Crippen molar-refractivity contribution in [2.45, 2.75) is 45.6 Å². The molecule has 22 heavy (non-hydrogen) atoms. The molecule has 0 aliphatic carbocycles. The first kappa shape index (κ1) is 16.0. The molecule has 0 unspecified atom stereocenters. The van der Waals surface area contributed by atoms with Gasteiger partial charge in [-0.05, 0) is 25.3 Å². The van der Waals surface area contributed by atoms with Crippen LogP contribution >= 0.6 is 0 Å². The molecular formula is C16H21N3O3. The summed E-state index contributed by atoms with van der Waals surface area (Å²) in [6.45, 7) is 5.63. The number of urea groups is 1. The molecule has 0 radical (unpaired) electrons. The molecule has 1 aromatic rings. The van der Waals surface area contributed by atoms with E-state index in [1.54, 1.807) is 0 Å². The smallest absolute Gasteiger partial charge is 0.322 e. The first-order valence-electron chi connectivity index (χ1n) is 7.43. The third-order valence-corrected chi connectivity index (χ3v) is 4.09. The van der Waals surface area contributed by atoms with Crippen LogP contribution in [0, 0.1) is 6.92 Å². The average molecular weight is 303 g/mol. The lowest BCUT2D eigenvalue weighted by atomic mass is 9.93. The monoisotopic (exact) mass is 303 g/mol. The molecule has 0 aromatic heterocycles. The Balaban J connectivity index is 2.04. The predicted octanol–water partition coefficient (Wildman–Crippen LogP) is 1.68. The van der Waals surface area contributed by atoms with Gasteiger partial charge in [0.15, 0.2) is 0 Å². The SMILES string of the molecule is CCC1(CC)NC(=O)N(NC(=O)Cc2ccc(C)cc2)C1=O. The maximum atomic E-state index is 12.4. The summed E-state index contributed by atoms with van der Waals surface area (Å²) in [4.78, 5) is 36.3. The zero-order chi connectivity index (χ0) is 16.3. The fourth-order valence-corrected chi connectivity index (χ4v) is 2.51. The number of carbonyl (C=O) groups excluding carboxylic acids is 3. The first-order valence-corrected chi connectivity index (χ1v) is 7.43. The number of aryl methyl sites for hydroxylation is 1. The summed E-state index contributed by atoms with van der Waals surface area (Å²) in [6, 6.07) is 6.95. The third kappa shape index (κ3) is 2.95. The van der Waals surface area contributed by atoms with Crippen LogP contribution in [-0.4, -0.2) is 28.4 Å². The molecule has 1 fully saturated rings. The van der Waals surface area contributed by atoms with E-state index in [0.717, 1.165) is 16.1 Å². The number of hydrogen-bond acceptors (Lipinski definition) is 3. The van der Waals surface area contributed by atoms with Gasteiger partial charge in [-0.2, -0.15) is 5.01 Å². The largest absolute Gasteiger partial charge is 0.344 e. The maximum Gasteiger partial charge on any atom is 0.344 e. The van der Waals surface area contributed by atoms with Gasteiger partial charge in [0.2, 0.25) is 5.91 Å². The fourth-order valence-electron chi connectivity index (χ4n) is 2.51. The second kappa shape index (κ2) is 6.17. The number of amides is 4. The number of carbonyl (C=O) groups is 3. The zero-order valence-electron chi connectivity index (χ0n) is 13.1. The van der Waals surface area contributed by atoms with Crippen LogP contribution in [0.25, 0.3) is 0 Å². The van der Waals surface area contributed by atoms with Crippen LogP contribution in [0.2, 0.25) is 0 Å². The van der Waals surface area contributed by atoms with Crippen LogP contribution in [0.15, 0.2) is 24.3 Å². The van der Waals surface area contributed by atoms with Gasteiger partial charge in [0, 0.05) is 0 Å². The first-order chi connectivity index (χ1) is 10.4. The van der Waals surface area contributed by atoms with E-state index < -0.39 is 23.4 Å². The van der Waals surface area contributed by atoms with E-state index in [2.05, 4.69) is 10.7 Å². The summed E-state index contributed by atoms with van der Waals surface area (Å²) < 4.78 is 0. The van der Waals surface area contributed by atoms with Crippen LogP contribution < -0.4 is 10.7 Å². The lowest BCUT2D eigenvalue weighted by Gasteiger charge is -2.22. The van der Waals surface area contributed by atoms with Crippen molar-refractivity contribution in [3.05, 3.63) is 35.4 Å². The maximum absolute atomic E-state index is 12.4. The Hall–Kier alpha value is -2.37. The summed E-state index contributed by atoms with van der Waals surface area (Å²) in [5, 5.41) is 3.46. The van der Waals surface area contributed by atoms with Gasteiger partial charge < -0.3 is 5.32 Å². The topological polar surface area (TPSA) is 78.5 Å². The van der Waals surface area contributed by atoms with Crippen molar-refractivity contribution in [3.8, 4) is 0 Å². The summed E-state index contributed by atoms with van der Waals surface area (Å²) in [7, 11) is 0. The lowest BCUT2D eigenvalue weighted by Crippen LogP contribution is -2.49. The van der Waals surface area contributed by atoms with Gasteiger partial charge in [0.25, 0.3) is 5.91 Å². The van der Waals surface area contributed by atoms with Gasteiger partial charge in [0.1, 0.15) is 5.54 Å². The van der Waals surface area contributed by atoms with Crippen molar-refractivity contribution < 1.29 is 14.4 Å². The zero-order valence-corrected chi connectivity index (χ0v) is 13.1. The highest BCUT2D eigenvalue weighted by Crippen LogP contribution is 2.23. The Morgan fingerprint density at radius 3 is 2.27 bits per heavy atom. The van der Waals surface area contributed by atoms with Crippen LogP contribution in [0.1, 0.15) is 37.8 Å². The highest BCUT2D eigenvalue weighted by Gasteiger charge is 2.49. The molecule has 1 heterocycles. The van der Waals surface area contributed by atoms with E-state index in [0.29, 0.717) is 12.8 Å². The molecule has 1 saturated heterocycles. The Labute approximate surface area is 129 Å². The molecule has 1 aromatic carbocycles. The highest BCUT2D eigenvalue weighted by molar-refractivity contribution is 6.07. The van der Waals surface area contributed by atoms with E-state index in [9.17, 15) is 14.4 Å². The fraction of sp³-hybridized carbons (Fsp3) is 0.438. The van der Waals surface area contributed by atoms with Crippen LogP contribution in [0.3, 0.4) is 0 Å². The number of nitrogens with zero attached hydrogens (tertiary/aromatic N) is 1. The molecule has 2 N–H and O–H groups in total. The van der Waals surface area contributed by atoms with Gasteiger partial charge >= 0.3 is 6.03 Å². The Bertz CT molecular complexity index is 591. The number of benzene rings is 1. The molecule has 0 saturated carbocycles. The molecule has 2 rings (SSSR count). The van der Waals surface area contributed by atoms with E-state index in [1.807, 2.05) is 45.0 Å². The number of rotatable bonds is 5. The van der Waals surface area contributed by atoms with Crippen molar-refractivity contribution in [1.29, 1.82) is 0 Å².